The van der Waals surface area contributed by atoms with E-state index in [0.717, 1.165) is 90.4 Å². The Morgan fingerprint density at radius 1 is 0.539 bits per heavy atom. The third-order valence-electron chi connectivity index (χ3n) is 10.7. The van der Waals surface area contributed by atoms with Crippen molar-refractivity contribution in [1.29, 1.82) is 0 Å². The molecule has 30 nitrogen and oxygen atoms in total. The number of carbonyl (C=O) groups is 12. The maximum absolute atomic E-state index is 14.0. The van der Waals surface area contributed by atoms with Crippen LogP contribution in [0.2, 0.25) is 0 Å². The zero-order valence-electron chi connectivity index (χ0n) is 43.6. The Balaban J connectivity index is 2.38. The van der Waals surface area contributed by atoms with E-state index in [2.05, 4.69) is 5.32 Å². The lowest BCUT2D eigenvalue weighted by Crippen LogP contribution is -2.74. The van der Waals surface area contributed by atoms with Crippen LogP contribution in [0.4, 0.5) is 0 Å². The summed E-state index contributed by atoms with van der Waals surface area (Å²) in [5.74, 6) is -16.8. The van der Waals surface area contributed by atoms with Gasteiger partial charge in [-0.05, 0) is 0 Å². The van der Waals surface area contributed by atoms with Gasteiger partial charge in [0.1, 0.15) is 49.0 Å². The second kappa shape index (κ2) is 28.8. The summed E-state index contributed by atoms with van der Waals surface area (Å²) < 4.78 is 90.0. The van der Waals surface area contributed by atoms with Gasteiger partial charge >= 0.3 is 65.7 Å². The van der Waals surface area contributed by atoms with Crippen molar-refractivity contribution in [3.05, 3.63) is 0 Å². The molecule has 3 heterocycles. The smallest absolute Gasteiger partial charge is 0.367 e. The molecule has 3 aliphatic heterocycles. The number of hydrogen-bond donors (Lipinski definition) is 2. The number of thioether (sulfide) groups is 1. The Morgan fingerprint density at radius 3 is 1.46 bits per heavy atom. The summed E-state index contributed by atoms with van der Waals surface area (Å²) in [4.78, 5) is 153. The molecule has 3 fully saturated rings. The standard InChI is InChI=1S/C45H63NO29S/c1-17(47)46-31-35(32(65-21(5)51)28(64-20(4)50)14-62-18(2)48)75-45(59,44(58)61-13)41(36(31)67-23(7)53)76-16-30-34(66-22(6)52)38(69-25(9)55)40(71-27(11)57)43(73-30)74-33-29(15-63-19(3)49)72-42(60-12)39(70-26(10)56)37(33)68-24(8)54/h28-43,59H,14-16H2,1-13H3,(H,46,47)/t28-,29-,30-,31+,32-,33-,34+,35-,36-,37+,38+,39-,40-,41-,42-,43+,45+/m1/s1. The molecule has 0 aliphatic carbocycles. The van der Waals surface area contributed by atoms with E-state index in [4.69, 9.17) is 75.8 Å². The second-order valence-electron chi connectivity index (χ2n) is 16.9. The number of nitrogens with one attached hydrogen (secondary N) is 1. The number of hydrogen-bond acceptors (Lipinski definition) is 30. The van der Waals surface area contributed by atoms with Gasteiger partial charge in [-0.3, -0.25) is 52.7 Å². The van der Waals surface area contributed by atoms with Crippen molar-refractivity contribution >= 4 is 83.3 Å². The second-order valence-corrected chi connectivity index (χ2v) is 18.1. The summed E-state index contributed by atoms with van der Waals surface area (Å²) in [6.07, 6.45) is -25.7. The third kappa shape index (κ3) is 17.9. The molecule has 31 heteroatoms. The molecule has 0 unspecified atom stereocenters. The largest absolute Gasteiger partial charge is 0.465 e. The van der Waals surface area contributed by atoms with Crippen LogP contribution in [0.15, 0.2) is 0 Å². The molecule has 0 bridgehead atoms. The van der Waals surface area contributed by atoms with Crippen molar-refractivity contribution in [2.75, 3.05) is 33.2 Å². The molecule has 3 rings (SSSR count). The molecule has 17 atom stereocenters. The highest BCUT2D eigenvalue weighted by Gasteiger charge is 2.65. The van der Waals surface area contributed by atoms with Gasteiger partial charge in [0.15, 0.2) is 55.3 Å². The maximum Gasteiger partial charge on any atom is 0.367 e. The first-order valence-electron chi connectivity index (χ1n) is 22.9. The van der Waals surface area contributed by atoms with Crippen LogP contribution in [-0.2, 0) is 133 Å². The number of methoxy groups -OCH3 is 2. The molecule has 1 amide bonds. The van der Waals surface area contributed by atoms with E-state index >= 15 is 0 Å². The van der Waals surface area contributed by atoms with E-state index in [0.29, 0.717) is 11.8 Å². The van der Waals surface area contributed by atoms with Crippen LogP contribution in [0.3, 0.4) is 0 Å². The molecule has 3 aliphatic rings. The van der Waals surface area contributed by atoms with Gasteiger partial charge in [-0.25, -0.2) is 4.79 Å². The van der Waals surface area contributed by atoms with Gasteiger partial charge in [-0.1, -0.05) is 0 Å². The fourth-order valence-corrected chi connectivity index (χ4v) is 9.73. The summed E-state index contributed by atoms with van der Waals surface area (Å²) in [6.45, 7) is 9.03. The first-order chi connectivity index (χ1) is 35.4. The van der Waals surface area contributed by atoms with Gasteiger partial charge < -0.3 is 86.2 Å². The van der Waals surface area contributed by atoms with Gasteiger partial charge in [0, 0.05) is 89.0 Å². The molecule has 428 valence electrons. The van der Waals surface area contributed by atoms with Crippen molar-refractivity contribution in [2.24, 2.45) is 0 Å². The molecular formula is C45H63NO29S. The zero-order valence-corrected chi connectivity index (χ0v) is 44.5. The van der Waals surface area contributed by atoms with Crippen LogP contribution in [-0.4, -0.2) is 213 Å². The van der Waals surface area contributed by atoms with Crippen LogP contribution in [0.1, 0.15) is 76.2 Å². The van der Waals surface area contributed by atoms with Crippen molar-refractivity contribution in [3.8, 4) is 0 Å². The summed E-state index contributed by atoms with van der Waals surface area (Å²) >= 11 is 0.430. The topological polar surface area (TPSA) is 385 Å². The maximum atomic E-state index is 14.0. The van der Waals surface area contributed by atoms with Crippen LogP contribution in [0, 0.1) is 0 Å². The molecular weight excluding hydrogens is 1050 g/mol. The predicted octanol–water partition coefficient (Wildman–Crippen LogP) is -2.09. The molecule has 0 aromatic carbocycles. The fourth-order valence-electron chi connectivity index (χ4n) is 8.28. The van der Waals surface area contributed by atoms with E-state index in [1.165, 1.54) is 0 Å². The SMILES string of the molecule is COC(=O)[C@@]1(O)O[C@@H]([C@H](OC(C)=O)[C@@H](COC(C)=O)OC(C)=O)[C@H](NC(C)=O)[C@@H](OC(C)=O)[C@H]1SC[C@H]1O[C@@H](O[C@H]2[C@H](OC(C)=O)[C@@H](OC(C)=O)[C@H](OC)O[C@@H]2COC(C)=O)[C@H](OC(C)=O)[C@@H](OC(C)=O)[C@H]1OC(C)=O. The van der Waals surface area contributed by atoms with Crippen molar-refractivity contribution in [1.82, 2.24) is 5.32 Å². The fraction of sp³-hybridized carbons (Fsp3) is 0.733. The van der Waals surface area contributed by atoms with E-state index in [1.807, 2.05) is 0 Å². The normalized spacial score (nSPS) is 30.7. The van der Waals surface area contributed by atoms with Crippen LogP contribution in [0.25, 0.3) is 0 Å². The Kier molecular flexibility index (Phi) is 24.2. The third-order valence-corrected chi connectivity index (χ3v) is 12.2. The molecule has 0 aromatic heterocycles. The highest BCUT2D eigenvalue weighted by atomic mass is 32.2. The van der Waals surface area contributed by atoms with Gasteiger partial charge in [-0.2, -0.15) is 0 Å². The van der Waals surface area contributed by atoms with E-state index in [9.17, 15) is 62.6 Å². The van der Waals surface area contributed by atoms with Crippen molar-refractivity contribution < 1.29 is 138 Å². The predicted molar refractivity (Wildman–Crippen MR) is 243 cm³/mol. The van der Waals surface area contributed by atoms with E-state index < -0.39 is 193 Å². The van der Waals surface area contributed by atoms with Crippen LogP contribution >= 0.6 is 11.8 Å². The van der Waals surface area contributed by atoms with Gasteiger partial charge in [0.2, 0.25) is 5.91 Å². The number of aliphatic hydroxyl groups is 1. The molecule has 3 saturated heterocycles. The van der Waals surface area contributed by atoms with Gasteiger partial charge in [0.25, 0.3) is 5.79 Å². The Labute approximate surface area is 438 Å². The van der Waals surface area contributed by atoms with E-state index in [1.54, 1.807) is 0 Å². The minimum absolute atomic E-state index is 0.430. The number of ether oxygens (including phenoxy) is 16. The molecule has 0 spiro atoms. The van der Waals surface area contributed by atoms with Gasteiger partial charge in [0.05, 0.1) is 13.2 Å². The first kappa shape index (κ1) is 64.0. The van der Waals surface area contributed by atoms with Crippen molar-refractivity contribution in [3.63, 3.8) is 0 Å². The van der Waals surface area contributed by atoms with Crippen molar-refractivity contribution in [2.45, 2.75) is 179 Å². The Bertz CT molecular complexity index is 2160. The first-order valence-corrected chi connectivity index (χ1v) is 24.0. The van der Waals surface area contributed by atoms with Crippen LogP contribution in [0.5, 0.6) is 0 Å². The highest BCUT2D eigenvalue weighted by Crippen LogP contribution is 2.43. The number of rotatable bonds is 22. The molecule has 2 N–H and O–H groups in total. The molecule has 0 saturated carbocycles. The Morgan fingerprint density at radius 2 is 1.00 bits per heavy atom. The minimum Gasteiger partial charge on any atom is -0.465 e. The number of esters is 11. The molecule has 76 heavy (non-hydrogen) atoms. The zero-order chi connectivity index (χ0) is 57.5. The minimum atomic E-state index is -3.39. The number of amides is 1. The molecule has 0 radical (unpaired) electrons. The quantitative estimate of drug-likeness (QED) is 0.0867. The lowest BCUT2D eigenvalue weighted by Gasteiger charge is -2.51. The lowest BCUT2D eigenvalue weighted by molar-refractivity contribution is -0.356. The van der Waals surface area contributed by atoms with E-state index in [-0.39, 0.29) is 0 Å². The van der Waals surface area contributed by atoms with Crippen LogP contribution < -0.4 is 5.32 Å². The summed E-state index contributed by atoms with van der Waals surface area (Å²) in [6, 6.07) is -1.82. The average molecular weight is 1110 g/mol. The van der Waals surface area contributed by atoms with Gasteiger partial charge in [-0.15, -0.1) is 11.8 Å². The Hall–Kier alpha value is -6.25. The molecule has 0 aromatic rings. The summed E-state index contributed by atoms with van der Waals surface area (Å²) in [5, 5.41) is 13.0. The average Bonchev–Trinajstić information content (AvgIpc) is 3.28. The summed E-state index contributed by atoms with van der Waals surface area (Å²) in [7, 11) is 1.95. The highest BCUT2D eigenvalue weighted by molar-refractivity contribution is 8.00. The monoisotopic (exact) mass is 1110 g/mol. The lowest BCUT2D eigenvalue weighted by atomic mass is 9.87. The summed E-state index contributed by atoms with van der Waals surface area (Å²) in [5.41, 5.74) is 0. The number of carbonyl (C=O) groups excluding carboxylic acids is 12.